The first kappa shape index (κ1) is 15.7. The van der Waals surface area contributed by atoms with Crippen molar-refractivity contribution in [3.8, 4) is 17.2 Å². The Morgan fingerprint density at radius 1 is 1.12 bits per heavy atom. The molecule has 1 heterocycles. The number of hydrogen-bond acceptors (Lipinski definition) is 6. The van der Waals surface area contributed by atoms with Crippen LogP contribution in [-0.4, -0.2) is 32.4 Å². The maximum absolute atomic E-state index is 11.9. The quantitative estimate of drug-likeness (QED) is 0.847. The van der Waals surface area contributed by atoms with Crippen molar-refractivity contribution in [1.29, 1.82) is 0 Å². The molecule has 0 saturated carbocycles. The van der Waals surface area contributed by atoms with Crippen LogP contribution in [0.2, 0.25) is 0 Å². The van der Waals surface area contributed by atoms with Crippen LogP contribution in [0.3, 0.4) is 0 Å². The zero-order valence-electron chi connectivity index (χ0n) is 12.9. The summed E-state index contributed by atoms with van der Waals surface area (Å²) >= 11 is 0. The van der Waals surface area contributed by atoms with E-state index in [-0.39, 0.29) is 6.79 Å². The summed E-state index contributed by atoms with van der Waals surface area (Å²) in [6.07, 6.45) is 0. The van der Waals surface area contributed by atoms with Crippen LogP contribution in [0.25, 0.3) is 0 Å². The number of amides is 1. The van der Waals surface area contributed by atoms with E-state index >= 15 is 0 Å². The standard InChI is InChI=1S/C17H15NO6/c1-21-13-4-2-3-11(7-13)17(20)22-9-16(19)18-12-5-6-14-15(8-12)24-10-23-14/h2-8H,9-10H2,1H3,(H,18,19). The fourth-order valence-electron chi connectivity index (χ4n) is 2.14. The Hall–Kier alpha value is -3.22. The van der Waals surface area contributed by atoms with Gasteiger partial charge in [0.2, 0.25) is 6.79 Å². The molecule has 0 spiro atoms. The van der Waals surface area contributed by atoms with E-state index in [4.69, 9.17) is 18.9 Å². The molecule has 0 aliphatic carbocycles. The number of ether oxygens (including phenoxy) is 4. The Morgan fingerprint density at radius 3 is 2.79 bits per heavy atom. The zero-order chi connectivity index (χ0) is 16.9. The molecule has 1 aliphatic rings. The second-order valence-corrected chi connectivity index (χ2v) is 4.92. The highest BCUT2D eigenvalue weighted by atomic mass is 16.7. The number of carbonyl (C=O) groups is 2. The molecule has 1 aliphatic heterocycles. The number of esters is 1. The molecule has 0 fully saturated rings. The normalized spacial score (nSPS) is 11.7. The minimum atomic E-state index is -0.602. The monoisotopic (exact) mass is 329 g/mol. The molecule has 0 radical (unpaired) electrons. The van der Waals surface area contributed by atoms with Gasteiger partial charge in [-0.15, -0.1) is 0 Å². The van der Waals surface area contributed by atoms with Crippen LogP contribution in [0.1, 0.15) is 10.4 Å². The Kier molecular flexibility index (Phi) is 4.51. The second kappa shape index (κ2) is 6.91. The van der Waals surface area contributed by atoms with Crippen molar-refractivity contribution in [2.24, 2.45) is 0 Å². The molecule has 24 heavy (non-hydrogen) atoms. The number of benzene rings is 2. The molecule has 2 aromatic carbocycles. The summed E-state index contributed by atoms with van der Waals surface area (Å²) in [5.41, 5.74) is 0.840. The zero-order valence-corrected chi connectivity index (χ0v) is 12.9. The summed E-state index contributed by atoms with van der Waals surface area (Å²) in [4.78, 5) is 23.8. The van der Waals surface area contributed by atoms with Crippen LogP contribution in [0, 0.1) is 0 Å². The van der Waals surface area contributed by atoms with Crippen molar-refractivity contribution in [1.82, 2.24) is 0 Å². The fourth-order valence-corrected chi connectivity index (χ4v) is 2.14. The number of methoxy groups -OCH3 is 1. The first-order chi connectivity index (χ1) is 11.7. The summed E-state index contributed by atoms with van der Waals surface area (Å²) in [6, 6.07) is 11.5. The molecule has 7 nitrogen and oxygen atoms in total. The summed E-state index contributed by atoms with van der Waals surface area (Å²) < 4.78 is 20.4. The number of hydrogen-bond donors (Lipinski definition) is 1. The summed E-state index contributed by atoms with van der Waals surface area (Å²) in [5.74, 6) is 0.660. The highest BCUT2D eigenvalue weighted by Gasteiger charge is 2.15. The van der Waals surface area contributed by atoms with Crippen LogP contribution >= 0.6 is 0 Å². The fraction of sp³-hybridized carbons (Fsp3) is 0.176. The topological polar surface area (TPSA) is 83.1 Å². The van der Waals surface area contributed by atoms with Crippen LogP contribution in [-0.2, 0) is 9.53 Å². The van der Waals surface area contributed by atoms with Gasteiger partial charge in [-0.2, -0.15) is 0 Å². The molecule has 0 saturated heterocycles. The van der Waals surface area contributed by atoms with Crippen LogP contribution in [0.15, 0.2) is 42.5 Å². The third-order valence-corrected chi connectivity index (χ3v) is 3.30. The Morgan fingerprint density at radius 2 is 1.96 bits per heavy atom. The van der Waals surface area contributed by atoms with E-state index in [2.05, 4.69) is 5.32 Å². The SMILES string of the molecule is COc1cccc(C(=O)OCC(=O)Nc2ccc3c(c2)OCO3)c1. The number of carbonyl (C=O) groups excluding carboxylic acids is 2. The molecule has 0 unspecified atom stereocenters. The van der Waals surface area contributed by atoms with Crippen molar-refractivity contribution in [2.75, 3.05) is 25.8 Å². The summed E-state index contributed by atoms with van der Waals surface area (Å²) in [6.45, 7) is -0.241. The molecule has 1 amide bonds. The van der Waals surface area contributed by atoms with E-state index in [1.165, 1.54) is 13.2 Å². The predicted octanol–water partition coefficient (Wildman–Crippen LogP) is 2.22. The lowest BCUT2D eigenvalue weighted by molar-refractivity contribution is -0.119. The van der Waals surface area contributed by atoms with Crippen LogP contribution in [0.5, 0.6) is 17.2 Å². The largest absolute Gasteiger partial charge is 0.497 e. The molecule has 0 bridgehead atoms. The van der Waals surface area contributed by atoms with E-state index in [9.17, 15) is 9.59 Å². The van der Waals surface area contributed by atoms with Gasteiger partial charge < -0.3 is 24.3 Å². The minimum Gasteiger partial charge on any atom is -0.497 e. The van der Waals surface area contributed by atoms with Gasteiger partial charge >= 0.3 is 5.97 Å². The minimum absolute atomic E-state index is 0.158. The molecule has 3 rings (SSSR count). The lowest BCUT2D eigenvalue weighted by Gasteiger charge is -2.08. The van der Waals surface area contributed by atoms with E-state index in [0.717, 1.165) is 0 Å². The maximum atomic E-state index is 11.9. The Bertz CT molecular complexity index is 773. The third kappa shape index (κ3) is 3.57. The third-order valence-electron chi connectivity index (χ3n) is 3.30. The van der Waals surface area contributed by atoms with Crippen molar-refractivity contribution in [3.63, 3.8) is 0 Å². The van der Waals surface area contributed by atoms with Gasteiger partial charge in [0.25, 0.3) is 5.91 Å². The molecule has 0 atom stereocenters. The molecular weight excluding hydrogens is 314 g/mol. The van der Waals surface area contributed by atoms with E-state index in [0.29, 0.717) is 28.5 Å². The first-order valence-corrected chi connectivity index (χ1v) is 7.16. The van der Waals surface area contributed by atoms with E-state index < -0.39 is 18.5 Å². The van der Waals surface area contributed by atoms with Gasteiger partial charge in [0.15, 0.2) is 18.1 Å². The first-order valence-electron chi connectivity index (χ1n) is 7.16. The molecule has 2 aromatic rings. The van der Waals surface area contributed by atoms with Crippen molar-refractivity contribution in [2.45, 2.75) is 0 Å². The van der Waals surface area contributed by atoms with Crippen LogP contribution in [0.4, 0.5) is 5.69 Å². The predicted molar refractivity (Wildman–Crippen MR) is 84.5 cm³/mol. The lowest BCUT2D eigenvalue weighted by atomic mass is 10.2. The van der Waals surface area contributed by atoms with Gasteiger partial charge in [-0.1, -0.05) is 6.07 Å². The van der Waals surface area contributed by atoms with E-state index in [1.54, 1.807) is 36.4 Å². The number of nitrogens with one attached hydrogen (secondary N) is 1. The molecule has 7 heteroatoms. The Labute approximate surface area is 138 Å². The highest BCUT2D eigenvalue weighted by molar-refractivity contribution is 5.95. The maximum Gasteiger partial charge on any atom is 0.338 e. The van der Waals surface area contributed by atoms with Gasteiger partial charge in [0.05, 0.1) is 12.7 Å². The van der Waals surface area contributed by atoms with Crippen molar-refractivity contribution >= 4 is 17.6 Å². The smallest absolute Gasteiger partial charge is 0.338 e. The average Bonchev–Trinajstić information content (AvgIpc) is 3.07. The van der Waals surface area contributed by atoms with Crippen LogP contribution < -0.4 is 19.5 Å². The molecule has 0 aromatic heterocycles. The lowest BCUT2D eigenvalue weighted by Crippen LogP contribution is -2.20. The van der Waals surface area contributed by atoms with Crippen molar-refractivity contribution < 1.29 is 28.5 Å². The number of fused-ring (bicyclic) bond motifs is 1. The number of rotatable bonds is 5. The van der Waals surface area contributed by atoms with Gasteiger partial charge in [0, 0.05) is 11.8 Å². The Balaban J connectivity index is 1.54. The van der Waals surface area contributed by atoms with Crippen molar-refractivity contribution in [3.05, 3.63) is 48.0 Å². The summed E-state index contributed by atoms with van der Waals surface area (Å²) in [7, 11) is 1.50. The molecular formula is C17H15NO6. The van der Waals surface area contributed by atoms with Gasteiger partial charge in [-0.25, -0.2) is 4.79 Å². The van der Waals surface area contributed by atoms with Gasteiger partial charge in [-0.05, 0) is 30.3 Å². The van der Waals surface area contributed by atoms with Gasteiger partial charge in [-0.3, -0.25) is 4.79 Å². The average molecular weight is 329 g/mol. The summed E-state index contributed by atoms with van der Waals surface area (Å²) in [5, 5.41) is 2.62. The second-order valence-electron chi connectivity index (χ2n) is 4.92. The molecule has 124 valence electrons. The molecule has 1 N–H and O–H groups in total. The van der Waals surface area contributed by atoms with E-state index in [1.807, 2.05) is 0 Å². The number of anilines is 1. The highest BCUT2D eigenvalue weighted by Crippen LogP contribution is 2.34. The van der Waals surface area contributed by atoms with Gasteiger partial charge in [0.1, 0.15) is 5.75 Å².